The molecule has 1 aliphatic heterocycles. The van der Waals surface area contributed by atoms with Crippen molar-refractivity contribution >= 4 is 11.6 Å². The lowest BCUT2D eigenvalue weighted by atomic mass is 9.87. The van der Waals surface area contributed by atoms with E-state index in [1.54, 1.807) is 18.2 Å². The Bertz CT molecular complexity index is 748. The summed E-state index contributed by atoms with van der Waals surface area (Å²) >= 11 is 0. The Balaban J connectivity index is 2.25. The minimum Gasteiger partial charge on any atom is -0.494 e. The number of carbonyl (C=O) groups excluding carboxylic acids is 1. The van der Waals surface area contributed by atoms with E-state index in [1.807, 2.05) is 0 Å². The molecule has 0 fully saturated rings. The molecule has 3 rings (SSSR count). The van der Waals surface area contributed by atoms with Gasteiger partial charge in [-0.05, 0) is 18.2 Å². The molecular weight excluding hydrogens is 280 g/mol. The van der Waals surface area contributed by atoms with Crippen molar-refractivity contribution in [3.05, 3.63) is 59.2 Å². The first kappa shape index (κ1) is 13.5. The van der Waals surface area contributed by atoms with Crippen molar-refractivity contribution in [2.24, 2.45) is 0 Å². The van der Waals surface area contributed by atoms with Crippen molar-refractivity contribution in [2.45, 2.75) is 5.60 Å². The summed E-state index contributed by atoms with van der Waals surface area (Å²) in [6.07, 6.45) is 0. The van der Waals surface area contributed by atoms with Crippen LogP contribution in [0, 0.1) is 11.6 Å². The van der Waals surface area contributed by atoms with E-state index in [0.29, 0.717) is 5.69 Å². The number of rotatable bonds is 2. The first-order valence-electron chi connectivity index (χ1n) is 6.16. The van der Waals surface area contributed by atoms with Crippen LogP contribution in [-0.4, -0.2) is 18.1 Å². The summed E-state index contributed by atoms with van der Waals surface area (Å²) in [5.41, 5.74) is -2.18. The van der Waals surface area contributed by atoms with Gasteiger partial charge in [0.1, 0.15) is 0 Å². The molecule has 2 aromatic carbocycles. The van der Waals surface area contributed by atoms with Gasteiger partial charge < -0.3 is 15.2 Å². The van der Waals surface area contributed by atoms with Crippen molar-refractivity contribution in [3.8, 4) is 5.75 Å². The molecule has 21 heavy (non-hydrogen) atoms. The number of nitrogens with one attached hydrogen (secondary N) is 1. The summed E-state index contributed by atoms with van der Waals surface area (Å²) in [6, 6.07) is 8.62. The van der Waals surface area contributed by atoms with E-state index in [0.717, 1.165) is 6.07 Å². The molecule has 1 heterocycles. The maximum absolute atomic E-state index is 14.2. The van der Waals surface area contributed by atoms with E-state index in [4.69, 9.17) is 0 Å². The number of ether oxygens (including phenoxy) is 1. The highest BCUT2D eigenvalue weighted by Crippen LogP contribution is 2.42. The summed E-state index contributed by atoms with van der Waals surface area (Å²) in [5, 5.41) is 13.1. The second-order valence-electron chi connectivity index (χ2n) is 4.65. The van der Waals surface area contributed by atoms with Crippen molar-refractivity contribution in [1.82, 2.24) is 0 Å². The Morgan fingerprint density at radius 2 is 1.81 bits per heavy atom. The van der Waals surface area contributed by atoms with Crippen LogP contribution < -0.4 is 10.1 Å². The third-order valence-corrected chi connectivity index (χ3v) is 3.55. The van der Waals surface area contributed by atoms with Crippen LogP contribution in [0.15, 0.2) is 36.4 Å². The normalized spacial score (nSPS) is 20.1. The van der Waals surface area contributed by atoms with E-state index in [-0.39, 0.29) is 11.3 Å². The molecular formula is C15H11F2NO3. The van der Waals surface area contributed by atoms with Crippen LogP contribution >= 0.6 is 0 Å². The second kappa shape index (κ2) is 4.53. The molecule has 2 N–H and O–H groups in total. The molecule has 2 aromatic rings. The van der Waals surface area contributed by atoms with Crippen molar-refractivity contribution in [2.75, 3.05) is 12.4 Å². The molecule has 0 spiro atoms. The third kappa shape index (κ3) is 1.72. The van der Waals surface area contributed by atoms with E-state index in [9.17, 15) is 18.7 Å². The van der Waals surface area contributed by atoms with Gasteiger partial charge in [0.2, 0.25) is 5.82 Å². The fourth-order valence-electron chi connectivity index (χ4n) is 2.48. The molecule has 0 aliphatic carbocycles. The summed E-state index contributed by atoms with van der Waals surface area (Å²) in [4.78, 5) is 12.1. The van der Waals surface area contributed by atoms with Gasteiger partial charge in [0, 0.05) is 16.8 Å². The number of amides is 1. The Morgan fingerprint density at radius 3 is 2.52 bits per heavy atom. The fraction of sp³-hybridized carbons (Fsp3) is 0.133. The van der Waals surface area contributed by atoms with Crippen LogP contribution in [-0.2, 0) is 10.4 Å². The zero-order valence-corrected chi connectivity index (χ0v) is 11.0. The van der Waals surface area contributed by atoms with Gasteiger partial charge >= 0.3 is 0 Å². The predicted molar refractivity (Wildman–Crippen MR) is 71.0 cm³/mol. The Morgan fingerprint density at radius 1 is 1.10 bits per heavy atom. The zero-order chi connectivity index (χ0) is 15.2. The summed E-state index contributed by atoms with van der Waals surface area (Å²) in [5.74, 6) is -3.69. The molecule has 1 amide bonds. The predicted octanol–water partition coefficient (Wildman–Crippen LogP) is 2.16. The molecule has 1 unspecified atom stereocenters. The monoisotopic (exact) mass is 291 g/mol. The third-order valence-electron chi connectivity index (χ3n) is 3.55. The maximum atomic E-state index is 14.2. The van der Waals surface area contributed by atoms with Gasteiger partial charge in [-0.1, -0.05) is 18.2 Å². The molecule has 0 radical (unpaired) electrons. The fourth-order valence-corrected chi connectivity index (χ4v) is 2.48. The number of methoxy groups -OCH3 is 1. The number of halogens is 2. The van der Waals surface area contributed by atoms with E-state index in [1.165, 1.54) is 19.2 Å². The molecule has 6 heteroatoms. The highest BCUT2D eigenvalue weighted by Gasteiger charge is 2.48. The van der Waals surface area contributed by atoms with Gasteiger partial charge in [-0.15, -0.1) is 0 Å². The highest BCUT2D eigenvalue weighted by molar-refractivity contribution is 6.07. The van der Waals surface area contributed by atoms with Gasteiger partial charge in [0.05, 0.1) is 7.11 Å². The number of hydrogen-bond donors (Lipinski definition) is 2. The number of aliphatic hydroxyl groups is 1. The van der Waals surface area contributed by atoms with Gasteiger partial charge in [-0.2, -0.15) is 4.39 Å². The van der Waals surface area contributed by atoms with Crippen molar-refractivity contribution < 1.29 is 23.4 Å². The summed E-state index contributed by atoms with van der Waals surface area (Å²) in [7, 11) is 1.20. The zero-order valence-electron chi connectivity index (χ0n) is 11.0. The Labute approximate surface area is 119 Å². The van der Waals surface area contributed by atoms with Gasteiger partial charge in [0.15, 0.2) is 17.2 Å². The molecule has 4 nitrogen and oxygen atoms in total. The van der Waals surface area contributed by atoms with Crippen molar-refractivity contribution in [3.63, 3.8) is 0 Å². The number of para-hydroxylation sites is 1. The number of hydrogen-bond acceptors (Lipinski definition) is 3. The number of benzene rings is 2. The first-order chi connectivity index (χ1) is 10.00. The molecule has 0 saturated heterocycles. The van der Waals surface area contributed by atoms with Crippen LogP contribution in [0.5, 0.6) is 5.75 Å². The standard InChI is InChI=1S/C15H11F2NO3/c1-21-11-7-6-9(12(16)13(11)17)15(20)8-4-2-3-5-10(8)18-14(15)19/h2-7,20H,1H3,(H,18,19). The molecule has 0 bridgehead atoms. The molecule has 1 aliphatic rings. The number of carbonyl (C=O) groups is 1. The second-order valence-corrected chi connectivity index (χ2v) is 4.65. The largest absolute Gasteiger partial charge is 0.494 e. The minimum atomic E-state index is -2.27. The number of fused-ring (bicyclic) bond motifs is 1. The quantitative estimate of drug-likeness (QED) is 0.891. The topological polar surface area (TPSA) is 58.6 Å². The van der Waals surface area contributed by atoms with Gasteiger partial charge in [0.25, 0.3) is 5.91 Å². The lowest BCUT2D eigenvalue weighted by Gasteiger charge is -2.22. The lowest BCUT2D eigenvalue weighted by molar-refractivity contribution is -0.129. The molecule has 0 saturated carbocycles. The van der Waals surface area contributed by atoms with E-state index >= 15 is 0 Å². The lowest BCUT2D eigenvalue weighted by Crippen LogP contribution is -2.36. The minimum absolute atomic E-state index is 0.179. The van der Waals surface area contributed by atoms with E-state index < -0.39 is 28.7 Å². The maximum Gasteiger partial charge on any atom is 0.265 e. The summed E-state index contributed by atoms with van der Waals surface area (Å²) in [6.45, 7) is 0. The Hall–Kier alpha value is -2.47. The van der Waals surface area contributed by atoms with Gasteiger partial charge in [-0.3, -0.25) is 4.79 Å². The van der Waals surface area contributed by atoms with Crippen LogP contribution in [0.4, 0.5) is 14.5 Å². The van der Waals surface area contributed by atoms with Crippen LogP contribution in [0.3, 0.4) is 0 Å². The molecule has 1 atom stereocenters. The van der Waals surface area contributed by atoms with E-state index in [2.05, 4.69) is 10.1 Å². The first-order valence-corrected chi connectivity index (χ1v) is 6.16. The van der Waals surface area contributed by atoms with Crippen LogP contribution in [0.25, 0.3) is 0 Å². The molecule has 108 valence electrons. The van der Waals surface area contributed by atoms with Crippen molar-refractivity contribution in [1.29, 1.82) is 0 Å². The van der Waals surface area contributed by atoms with Gasteiger partial charge in [-0.25, -0.2) is 4.39 Å². The van der Waals surface area contributed by atoms with Crippen LogP contribution in [0.2, 0.25) is 0 Å². The highest BCUT2D eigenvalue weighted by atomic mass is 19.2. The average Bonchev–Trinajstić information content (AvgIpc) is 2.74. The SMILES string of the molecule is COc1ccc(C2(O)C(=O)Nc3ccccc32)c(F)c1F. The Kier molecular flexibility index (Phi) is 2.91. The summed E-state index contributed by atoms with van der Waals surface area (Å²) < 4.78 is 32.7. The average molecular weight is 291 g/mol. The molecule has 0 aromatic heterocycles. The smallest absolute Gasteiger partial charge is 0.265 e. The number of anilines is 1. The van der Waals surface area contributed by atoms with Crippen LogP contribution in [0.1, 0.15) is 11.1 Å².